The van der Waals surface area contributed by atoms with E-state index in [0.717, 1.165) is 30.9 Å². The van der Waals surface area contributed by atoms with Crippen LogP contribution in [-0.4, -0.2) is 12.6 Å². The summed E-state index contributed by atoms with van der Waals surface area (Å²) in [7, 11) is 0. The van der Waals surface area contributed by atoms with Crippen LogP contribution in [0.15, 0.2) is 24.3 Å². The summed E-state index contributed by atoms with van der Waals surface area (Å²) in [6.45, 7) is 7.88. The van der Waals surface area contributed by atoms with E-state index in [9.17, 15) is 4.39 Å². The zero-order valence-corrected chi connectivity index (χ0v) is 11.6. The van der Waals surface area contributed by atoms with Gasteiger partial charge < -0.3 is 5.32 Å². The Morgan fingerprint density at radius 2 is 1.89 bits per heavy atom. The highest BCUT2D eigenvalue weighted by molar-refractivity contribution is 5.24. The maximum absolute atomic E-state index is 13.6. The van der Waals surface area contributed by atoms with Gasteiger partial charge in [0, 0.05) is 6.04 Å². The van der Waals surface area contributed by atoms with E-state index in [1.165, 1.54) is 0 Å². The maximum atomic E-state index is 13.6. The molecule has 1 atom stereocenters. The molecule has 2 heteroatoms. The number of rotatable bonds is 5. The van der Waals surface area contributed by atoms with Crippen LogP contribution in [0.2, 0.25) is 0 Å². The summed E-state index contributed by atoms with van der Waals surface area (Å²) >= 11 is 0. The molecule has 2 rings (SSSR count). The smallest absolute Gasteiger partial charge is 0.126 e. The predicted octanol–water partition coefficient (Wildman–Crippen LogP) is 3.95. The fourth-order valence-corrected chi connectivity index (χ4v) is 2.43. The van der Waals surface area contributed by atoms with E-state index in [0.29, 0.717) is 17.9 Å². The van der Waals surface area contributed by atoms with Gasteiger partial charge in [0.15, 0.2) is 0 Å². The molecule has 18 heavy (non-hydrogen) atoms. The summed E-state index contributed by atoms with van der Waals surface area (Å²) in [5.41, 5.74) is 0.896. The van der Waals surface area contributed by atoms with Crippen molar-refractivity contribution in [2.45, 2.75) is 45.6 Å². The van der Waals surface area contributed by atoms with Crippen molar-refractivity contribution >= 4 is 0 Å². The third kappa shape index (κ3) is 3.11. The van der Waals surface area contributed by atoms with E-state index >= 15 is 0 Å². The molecule has 0 aromatic heterocycles. The Morgan fingerprint density at radius 3 is 2.50 bits per heavy atom. The van der Waals surface area contributed by atoms with E-state index in [2.05, 4.69) is 26.1 Å². The van der Waals surface area contributed by atoms with E-state index in [1.54, 1.807) is 12.1 Å². The lowest BCUT2D eigenvalue weighted by Crippen LogP contribution is -2.42. The minimum absolute atomic E-state index is 0.0449. The van der Waals surface area contributed by atoms with Crippen molar-refractivity contribution in [1.82, 2.24) is 5.32 Å². The number of benzene rings is 1. The van der Waals surface area contributed by atoms with Crippen molar-refractivity contribution in [3.63, 3.8) is 0 Å². The van der Waals surface area contributed by atoms with Crippen LogP contribution in [0.1, 0.15) is 45.1 Å². The van der Waals surface area contributed by atoms with Crippen LogP contribution in [-0.2, 0) is 0 Å². The fourth-order valence-electron chi connectivity index (χ4n) is 2.43. The Morgan fingerprint density at radius 1 is 1.22 bits per heavy atom. The second-order valence-electron chi connectivity index (χ2n) is 6.02. The first-order valence-electron chi connectivity index (χ1n) is 7.05. The first-order valence-corrected chi connectivity index (χ1v) is 7.05. The van der Waals surface area contributed by atoms with Crippen molar-refractivity contribution in [3.05, 3.63) is 35.6 Å². The van der Waals surface area contributed by atoms with Crippen LogP contribution in [0.25, 0.3) is 0 Å². The van der Waals surface area contributed by atoms with E-state index in [4.69, 9.17) is 0 Å². The maximum Gasteiger partial charge on any atom is 0.126 e. The lowest BCUT2D eigenvalue weighted by Gasteiger charge is -2.37. The van der Waals surface area contributed by atoms with Gasteiger partial charge in [0.1, 0.15) is 5.82 Å². The van der Waals surface area contributed by atoms with Crippen molar-refractivity contribution in [2.24, 2.45) is 11.8 Å². The second kappa shape index (κ2) is 5.83. The molecule has 1 aromatic rings. The quantitative estimate of drug-likeness (QED) is 0.833. The predicted molar refractivity (Wildman–Crippen MR) is 74.2 cm³/mol. The average molecular weight is 249 g/mol. The molecule has 0 spiro atoms. The molecule has 0 heterocycles. The van der Waals surface area contributed by atoms with Crippen LogP contribution < -0.4 is 5.32 Å². The Kier molecular flexibility index (Phi) is 4.39. The summed E-state index contributed by atoms with van der Waals surface area (Å²) in [5.74, 6) is 1.80. The van der Waals surface area contributed by atoms with Gasteiger partial charge in [-0.25, -0.2) is 4.39 Å². The third-order valence-electron chi connectivity index (χ3n) is 4.35. The number of hydrogen-bond donors (Lipinski definition) is 1. The van der Waals surface area contributed by atoms with Gasteiger partial charge in [-0.1, -0.05) is 39.0 Å². The average Bonchev–Trinajstić information content (AvgIpc) is 2.28. The minimum Gasteiger partial charge on any atom is -0.314 e. The zero-order chi connectivity index (χ0) is 13.1. The van der Waals surface area contributed by atoms with Gasteiger partial charge in [0.05, 0.1) is 0 Å². The molecule has 0 saturated heterocycles. The normalized spacial score (nSPS) is 24.9. The van der Waals surface area contributed by atoms with Crippen molar-refractivity contribution in [3.8, 4) is 0 Å². The van der Waals surface area contributed by atoms with Crippen LogP contribution >= 0.6 is 0 Å². The van der Waals surface area contributed by atoms with E-state index in [1.807, 2.05) is 12.1 Å². The van der Waals surface area contributed by atoms with Crippen molar-refractivity contribution < 1.29 is 4.39 Å². The Labute approximate surface area is 110 Å². The number of hydrogen-bond acceptors (Lipinski definition) is 1. The van der Waals surface area contributed by atoms with Gasteiger partial charge in [-0.05, 0) is 48.8 Å². The highest BCUT2D eigenvalue weighted by atomic mass is 19.1. The third-order valence-corrected chi connectivity index (χ3v) is 4.35. The Hall–Kier alpha value is -0.890. The van der Waals surface area contributed by atoms with Gasteiger partial charge in [0.2, 0.25) is 0 Å². The first-order chi connectivity index (χ1) is 8.58. The van der Waals surface area contributed by atoms with Gasteiger partial charge in [0.25, 0.3) is 0 Å². The molecule has 0 radical (unpaired) electrons. The molecule has 1 nitrogen and oxygen atoms in total. The molecule has 1 aliphatic rings. The highest BCUT2D eigenvalue weighted by Crippen LogP contribution is 2.38. The Bertz CT molecular complexity index is 382. The molecule has 1 unspecified atom stereocenters. The molecule has 1 saturated carbocycles. The van der Waals surface area contributed by atoms with Crippen LogP contribution in [0.3, 0.4) is 0 Å². The van der Waals surface area contributed by atoms with Gasteiger partial charge in [-0.2, -0.15) is 0 Å². The molecule has 0 amide bonds. The van der Waals surface area contributed by atoms with E-state index in [-0.39, 0.29) is 5.82 Å². The van der Waals surface area contributed by atoms with Gasteiger partial charge in [-0.3, -0.25) is 0 Å². The summed E-state index contributed by atoms with van der Waals surface area (Å²) < 4.78 is 13.6. The largest absolute Gasteiger partial charge is 0.314 e. The summed E-state index contributed by atoms with van der Waals surface area (Å²) in [6.07, 6.45) is 2.15. The number of halogens is 1. The van der Waals surface area contributed by atoms with Crippen molar-refractivity contribution in [2.75, 3.05) is 6.54 Å². The molecule has 1 N–H and O–H groups in total. The molecule has 1 aliphatic carbocycles. The van der Waals surface area contributed by atoms with Gasteiger partial charge >= 0.3 is 0 Å². The monoisotopic (exact) mass is 249 g/mol. The molecular formula is C16H24FN. The van der Waals surface area contributed by atoms with Gasteiger partial charge in [-0.15, -0.1) is 0 Å². The lowest BCUT2D eigenvalue weighted by molar-refractivity contribution is 0.261. The Balaban J connectivity index is 1.76. The molecule has 100 valence electrons. The highest BCUT2D eigenvalue weighted by Gasteiger charge is 2.31. The molecule has 0 bridgehead atoms. The van der Waals surface area contributed by atoms with E-state index < -0.39 is 0 Å². The topological polar surface area (TPSA) is 12.0 Å². The first kappa shape index (κ1) is 13.5. The molecule has 1 aromatic carbocycles. The minimum atomic E-state index is -0.0449. The second-order valence-corrected chi connectivity index (χ2v) is 6.02. The van der Waals surface area contributed by atoms with Crippen molar-refractivity contribution in [1.29, 1.82) is 0 Å². The molecule has 0 aliphatic heterocycles. The van der Waals surface area contributed by atoms with Crippen LogP contribution in [0, 0.1) is 17.7 Å². The fraction of sp³-hybridized carbons (Fsp3) is 0.625. The number of nitrogens with one attached hydrogen (secondary N) is 1. The standard InChI is InChI=1S/C16H24FN/c1-11(2)12(3)10-18-14-8-13(9-14)15-6-4-5-7-16(15)17/h4-7,11-14,18H,8-10H2,1-3H3. The summed E-state index contributed by atoms with van der Waals surface area (Å²) in [4.78, 5) is 0. The van der Waals surface area contributed by atoms with Crippen LogP contribution in [0.5, 0.6) is 0 Å². The van der Waals surface area contributed by atoms with Crippen LogP contribution in [0.4, 0.5) is 4.39 Å². The lowest BCUT2D eigenvalue weighted by atomic mass is 9.75. The zero-order valence-electron chi connectivity index (χ0n) is 11.6. The SMILES string of the molecule is CC(C)C(C)CNC1CC(c2ccccc2F)C1. The molecule has 1 fully saturated rings. The summed E-state index contributed by atoms with van der Waals surface area (Å²) in [6, 6.07) is 7.76. The summed E-state index contributed by atoms with van der Waals surface area (Å²) in [5, 5.41) is 3.60. The molecular weight excluding hydrogens is 225 g/mol.